The first-order valence-electron chi connectivity index (χ1n) is 6.51. The molecule has 1 aromatic carbocycles. The van der Waals surface area contributed by atoms with Gasteiger partial charge in [0.15, 0.2) is 31.6 Å². The average Bonchev–Trinajstić information content (AvgIpc) is 2.45. The van der Waals surface area contributed by atoms with Gasteiger partial charge < -0.3 is 4.43 Å². The maximum absolute atomic E-state index is 13.7. The quantitative estimate of drug-likeness (QED) is 0.182. The summed E-state index contributed by atoms with van der Waals surface area (Å²) >= 11 is 0. The molecule has 0 aliphatic rings. The SMILES string of the molecule is CO[Si](C)(C)CCCCN(F)c1cc(F)c(F)c(F)c1F. The van der Waals surface area contributed by atoms with Crippen molar-refractivity contribution in [1.82, 2.24) is 0 Å². The summed E-state index contributed by atoms with van der Waals surface area (Å²) in [6.45, 7) is 3.77. The Labute approximate surface area is 121 Å². The highest BCUT2D eigenvalue weighted by atomic mass is 28.4. The number of nitrogens with zero attached hydrogens (tertiary/aromatic N) is 1. The smallest absolute Gasteiger partial charge is 0.199 e. The molecule has 0 amide bonds. The molecule has 0 bridgehead atoms. The van der Waals surface area contributed by atoms with Gasteiger partial charge in [-0.2, -0.15) is 0 Å². The summed E-state index contributed by atoms with van der Waals surface area (Å²) in [7, 11) is -0.131. The van der Waals surface area contributed by atoms with E-state index in [0.29, 0.717) is 18.9 Å². The molecule has 0 atom stereocenters. The van der Waals surface area contributed by atoms with Gasteiger partial charge in [0.25, 0.3) is 0 Å². The minimum Gasteiger partial charge on any atom is -0.420 e. The Morgan fingerprint density at radius 3 is 2.24 bits per heavy atom. The molecule has 0 spiro atoms. The van der Waals surface area contributed by atoms with Gasteiger partial charge in [0.2, 0.25) is 0 Å². The van der Waals surface area contributed by atoms with E-state index in [1.54, 1.807) is 7.11 Å². The van der Waals surface area contributed by atoms with E-state index in [9.17, 15) is 22.0 Å². The number of hydrogen-bond donors (Lipinski definition) is 0. The summed E-state index contributed by atoms with van der Waals surface area (Å²) in [4.78, 5) is 0. The Bertz CT molecular complexity index is 498. The fourth-order valence-electron chi connectivity index (χ4n) is 1.76. The lowest BCUT2D eigenvalue weighted by Crippen LogP contribution is -2.28. The second-order valence-electron chi connectivity index (χ2n) is 5.33. The van der Waals surface area contributed by atoms with E-state index in [1.807, 2.05) is 13.1 Å². The predicted octanol–water partition coefficient (Wildman–Crippen LogP) is 4.57. The first-order chi connectivity index (χ1) is 9.69. The number of anilines is 1. The molecule has 21 heavy (non-hydrogen) atoms. The van der Waals surface area contributed by atoms with Crippen molar-refractivity contribution in [3.63, 3.8) is 0 Å². The molecule has 0 aliphatic heterocycles. The van der Waals surface area contributed by atoms with Crippen LogP contribution >= 0.6 is 0 Å². The van der Waals surface area contributed by atoms with Gasteiger partial charge in [0.05, 0.1) is 6.54 Å². The Kier molecular flexibility index (Phi) is 6.15. The third-order valence-electron chi connectivity index (χ3n) is 3.28. The van der Waals surface area contributed by atoms with Crippen LogP contribution in [0.2, 0.25) is 19.1 Å². The van der Waals surface area contributed by atoms with Crippen molar-refractivity contribution in [2.24, 2.45) is 0 Å². The number of unbranched alkanes of at least 4 members (excludes halogenated alkanes) is 1. The summed E-state index contributed by atoms with van der Waals surface area (Å²) in [6, 6.07) is 1.09. The van der Waals surface area contributed by atoms with E-state index in [1.165, 1.54) is 0 Å². The molecule has 0 N–H and O–H groups in total. The minimum absolute atomic E-state index is 0.109. The fraction of sp³-hybridized carbons (Fsp3) is 0.538. The van der Waals surface area contributed by atoms with E-state index in [-0.39, 0.29) is 11.7 Å². The molecule has 0 saturated carbocycles. The zero-order chi connectivity index (χ0) is 16.2. The first kappa shape index (κ1) is 17.9. The Morgan fingerprint density at radius 2 is 1.67 bits per heavy atom. The lowest BCUT2D eigenvalue weighted by molar-refractivity contribution is 0.379. The molecule has 0 aliphatic carbocycles. The molecular weight excluding hydrogens is 309 g/mol. The Morgan fingerprint density at radius 1 is 1.05 bits per heavy atom. The number of rotatable bonds is 7. The van der Waals surface area contributed by atoms with Crippen molar-refractivity contribution in [2.45, 2.75) is 32.0 Å². The molecule has 0 radical (unpaired) electrons. The summed E-state index contributed by atoms with van der Waals surface area (Å²) in [6.07, 6.45) is 0.998. The maximum atomic E-state index is 13.7. The summed E-state index contributed by atoms with van der Waals surface area (Å²) in [5.41, 5.74) is -0.936. The molecule has 120 valence electrons. The van der Waals surface area contributed by atoms with Crippen LogP contribution in [0.5, 0.6) is 0 Å². The van der Waals surface area contributed by atoms with Crippen LogP contribution in [0.1, 0.15) is 12.8 Å². The summed E-state index contributed by atoms with van der Waals surface area (Å²) < 4.78 is 71.2. The predicted molar refractivity (Wildman–Crippen MR) is 73.3 cm³/mol. The van der Waals surface area contributed by atoms with Crippen LogP contribution in [0, 0.1) is 23.3 Å². The van der Waals surface area contributed by atoms with Crippen LogP contribution in [0.25, 0.3) is 0 Å². The average molecular weight is 327 g/mol. The van der Waals surface area contributed by atoms with Crippen molar-refractivity contribution in [3.8, 4) is 0 Å². The van der Waals surface area contributed by atoms with Gasteiger partial charge >= 0.3 is 0 Å². The monoisotopic (exact) mass is 327 g/mol. The standard InChI is InChI=1S/C13H18F5NOSi/c1-20-21(2,3)7-5-4-6-19(18)10-8-9(14)11(15)13(17)12(10)16/h8H,4-7H2,1-3H3. The van der Waals surface area contributed by atoms with Gasteiger partial charge in [0, 0.05) is 13.2 Å². The van der Waals surface area contributed by atoms with Crippen LogP contribution in [-0.2, 0) is 4.43 Å². The third-order valence-corrected chi connectivity index (χ3v) is 5.94. The van der Waals surface area contributed by atoms with Crippen molar-refractivity contribution < 1.29 is 26.5 Å². The highest BCUT2D eigenvalue weighted by molar-refractivity contribution is 6.71. The van der Waals surface area contributed by atoms with Crippen molar-refractivity contribution in [3.05, 3.63) is 29.3 Å². The second-order valence-corrected chi connectivity index (χ2v) is 9.75. The van der Waals surface area contributed by atoms with Crippen LogP contribution in [0.15, 0.2) is 6.07 Å². The first-order valence-corrected chi connectivity index (χ1v) is 9.62. The van der Waals surface area contributed by atoms with Crippen LogP contribution < -0.4 is 5.12 Å². The van der Waals surface area contributed by atoms with Crippen molar-refractivity contribution in [2.75, 3.05) is 18.8 Å². The van der Waals surface area contributed by atoms with Gasteiger partial charge in [-0.25, -0.2) is 22.7 Å². The van der Waals surface area contributed by atoms with Crippen molar-refractivity contribution >= 4 is 14.0 Å². The fourth-order valence-corrected chi connectivity index (χ4v) is 3.07. The van der Waals surface area contributed by atoms with Crippen molar-refractivity contribution in [1.29, 1.82) is 0 Å². The number of halogens is 5. The van der Waals surface area contributed by atoms with E-state index in [2.05, 4.69) is 0 Å². The number of hydrogen-bond acceptors (Lipinski definition) is 2. The van der Waals surface area contributed by atoms with Crippen LogP contribution in [-0.4, -0.2) is 22.0 Å². The molecule has 0 unspecified atom stereocenters. The van der Waals surface area contributed by atoms with Gasteiger partial charge in [-0.3, -0.25) is 0 Å². The van der Waals surface area contributed by atoms with E-state index >= 15 is 0 Å². The highest BCUT2D eigenvalue weighted by Crippen LogP contribution is 2.27. The zero-order valence-electron chi connectivity index (χ0n) is 12.2. The highest BCUT2D eigenvalue weighted by Gasteiger charge is 2.23. The Hall–Kier alpha value is -1.15. The van der Waals surface area contributed by atoms with E-state index in [0.717, 1.165) is 6.04 Å². The Balaban J connectivity index is 2.63. The summed E-state index contributed by atoms with van der Waals surface area (Å²) in [5, 5.41) is -0.109. The summed E-state index contributed by atoms with van der Waals surface area (Å²) in [5.74, 6) is -7.32. The normalized spacial score (nSPS) is 11.8. The zero-order valence-corrected chi connectivity index (χ0v) is 13.2. The van der Waals surface area contributed by atoms with Crippen LogP contribution in [0.4, 0.5) is 27.7 Å². The third kappa shape index (κ3) is 4.67. The van der Waals surface area contributed by atoms with Crippen LogP contribution in [0.3, 0.4) is 0 Å². The largest absolute Gasteiger partial charge is 0.420 e. The molecule has 1 rings (SSSR count). The lowest BCUT2D eigenvalue weighted by atomic mass is 10.2. The van der Waals surface area contributed by atoms with Gasteiger partial charge in [0.1, 0.15) is 5.69 Å². The van der Waals surface area contributed by atoms with E-state index in [4.69, 9.17) is 4.43 Å². The van der Waals surface area contributed by atoms with Gasteiger partial charge in [-0.15, -0.1) is 0 Å². The second kappa shape index (κ2) is 7.21. The number of benzene rings is 1. The molecule has 0 heterocycles. The van der Waals surface area contributed by atoms with E-state index < -0.39 is 37.3 Å². The topological polar surface area (TPSA) is 12.5 Å². The minimum atomic E-state index is -2.01. The van der Waals surface area contributed by atoms with Gasteiger partial charge in [-0.1, -0.05) is 10.9 Å². The van der Waals surface area contributed by atoms with Gasteiger partial charge in [-0.05, 0) is 25.6 Å². The molecule has 0 saturated heterocycles. The molecule has 0 fully saturated rings. The molecule has 8 heteroatoms. The molecule has 1 aromatic rings. The maximum Gasteiger partial charge on any atom is 0.199 e. The molecular formula is C13H18F5NOSi. The molecule has 0 aromatic heterocycles. The molecule has 2 nitrogen and oxygen atoms in total. The lowest BCUT2D eigenvalue weighted by Gasteiger charge is -2.20.